The Kier molecular flexibility index (Phi) is 4.99. The van der Waals surface area contributed by atoms with Gasteiger partial charge in [-0.1, -0.05) is 56.3 Å². The molecule has 0 aromatic heterocycles. The van der Waals surface area contributed by atoms with E-state index >= 15 is 0 Å². The van der Waals surface area contributed by atoms with E-state index in [-0.39, 0.29) is 6.04 Å². The van der Waals surface area contributed by atoms with Crippen LogP contribution in [0.3, 0.4) is 0 Å². The highest BCUT2D eigenvalue weighted by Gasteiger charge is 2.14. The van der Waals surface area contributed by atoms with Crippen LogP contribution in [0.2, 0.25) is 0 Å². The molecular weight excluding hydrogens is 345 g/mol. The largest absolute Gasteiger partial charge is 0.309 e. The normalized spacial score (nSPS) is 12.7. The van der Waals surface area contributed by atoms with Crippen LogP contribution in [0.25, 0.3) is 0 Å². The lowest BCUT2D eigenvalue weighted by Crippen LogP contribution is -2.18. The molecule has 0 aliphatic rings. The minimum absolute atomic E-state index is 0.259. The van der Waals surface area contributed by atoms with E-state index in [0.717, 1.165) is 0 Å². The van der Waals surface area contributed by atoms with Crippen molar-refractivity contribution in [3.63, 3.8) is 0 Å². The Morgan fingerprint density at radius 1 is 0.895 bits per heavy atom. The molecule has 2 aromatic carbocycles. The predicted octanol–water partition coefficient (Wildman–Crippen LogP) is 4.72. The van der Waals surface area contributed by atoms with Gasteiger partial charge in [0.15, 0.2) is 0 Å². The Labute approximate surface area is 129 Å². The van der Waals surface area contributed by atoms with Crippen molar-refractivity contribution in [1.29, 1.82) is 0 Å². The molecule has 1 atom stereocenters. The summed E-state index contributed by atoms with van der Waals surface area (Å²) >= 11 is 2.40. The highest BCUT2D eigenvalue weighted by Crippen LogP contribution is 2.27. The Morgan fingerprint density at radius 2 is 1.47 bits per heavy atom. The second-order valence-corrected chi connectivity index (χ2v) is 6.23. The van der Waals surface area contributed by atoms with Crippen LogP contribution >= 0.6 is 22.6 Å². The first-order valence-electron chi connectivity index (χ1n) is 6.65. The van der Waals surface area contributed by atoms with Gasteiger partial charge < -0.3 is 5.32 Å². The zero-order valence-electron chi connectivity index (χ0n) is 11.7. The van der Waals surface area contributed by atoms with Gasteiger partial charge in [0.2, 0.25) is 0 Å². The van der Waals surface area contributed by atoms with Crippen LogP contribution in [-0.4, -0.2) is 7.05 Å². The monoisotopic (exact) mass is 365 g/mol. The molecule has 0 spiro atoms. The molecule has 2 rings (SSSR count). The van der Waals surface area contributed by atoms with Crippen molar-refractivity contribution in [3.8, 4) is 0 Å². The van der Waals surface area contributed by atoms with Gasteiger partial charge in [-0.25, -0.2) is 0 Å². The number of rotatable bonds is 4. The second kappa shape index (κ2) is 6.53. The predicted molar refractivity (Wildman–Crippen MR) is 90.6 cm³/mol. The summed E-state index contributed by atoms with van der Waals surface area (Å²) in [5.41, 5.74) is 4.04. The van der Waals surface area contributed by atoms with Crippen LogP contribution < -0.4 is 5.32 Å². The van der Waals surface area contributed by atoms with Crippen molar-refractivity contribution in [3.05, 3.63) is 68.8 Å². The van der Waals surface area contributed by atoms with Crippen molar-refractivity contribution in [2.24, 2.45) is 0 Å². The maximum Gasteiger partial charge on any atom is 0.0584 e. The topological polar surface area (TPSA) is 12.0 Å². The Balaban J connectivity index is 2.35. The number of hydrogen-bond acceptors (Lipinski definition) is 1. The molecule has 0 heterocycles. The molecular formula is C17H20IN. The minimum Gasteiger partial charge on any atom is -0.309 e. The third kappa shape index (κ3) is 3.37. The second-order valence-electron chi connectivity index (χ2n) is 5.06. The molecule has 2 heteroatoms. The average molecular weight is 365 g/mol. The van der Waals surface area contributed by atoms with Crippen LogP contribution in [0.15, 0.2) is 48.5 Å². The number of hydrogen-bond donors (Lipinski definition) is 1. The standard InChI is InChI=1S/C17H20IN/c1-12(2)13-8-10-14(11-9-13)17(19-3)15-6-4-5-7-16(15)18/h4-12,17,19H,1-3H3. The summed E-state index contributed by atoms with van der Waals surface area (Å²) in [5, 5.41) is 3.42. The molecule has 100 valence electrons. The van der Waals surface area contributed by atoms with Crippen LogP contribution in [0.1, 0.15) is 42.5 Å². The van der Waals surface area contributed by atoms with Crippen molar-refractivity contribution in [2.45, 2.75) is 25.8 Å². The molecule has 2 aromatic rings. The average Bonchev–Trinajstić information content (AvgIpc) is 2.42. The summed E-state index contributed by atoms with van der Waals surface area (Å²) in [6, 6.07) is 17.7. The number of nitrogens with one attached hydrogen (secondary N) is 1. The number of benzene rings is 2. The van der Waals surface area contributed by atoms with Gasteiger partial charge in [-0.2, -0.15) is 0 Å². The van der Waals surface area contributed by atoms with Gasteiger partial charge in [0.05, 0.1) is 6.04 Å². The summed E-state index contributed by atoms with van der Waals surface area (Å²) in [6.07, 6.45) is 0. The molecule has 0 bridgehead atoms. The van der Waals surface area contributed by atoms with Crippen LogP contribution in [0.4, 0.5) is 0 Å². The van der Waals surface area contributed by atoms with Gasteiger partial charge in [0.1, 0.15) is 0 Å². The molecule has 0 amide bonds. The molecule has 0 fully saturated rings. The SMILES string of the molecule is CNC(c1ccc(C(C)C)cc1)c1ccccc1I. The fraction of sp³-hybridized carbons (Fsp3) is 0.294. The summed E-state index contributed by atoms with van der Waals surface area (Å²) in [6.45, 7) is 4.45. The first kappa shape index (κ1) is 14.5. The van der Waals surface area contributed by atoms with Gasteiger partial charge >= 0.3 is 0 Å². The smallest absolute Gasteiger partial charge is 0.0584 e. The van der Waals surface area contributed by atoms with Crippen LogP contribution in [0, 0.1) is 3.57 Å². The molecule has 1 unspecified atom stereocenters. The lowest BCUT2D eigenvalue weighted by atomic mass is 9.95. The molecule has 0 saturated heterocycles. The van der Waals surface area contributed by atoms with E-state index in [1.54, 1.807) is 0 Å². The van der Waals surface area contributed by atoms with E-state index in [2.05, 4.69) is 90.3 Å². The Hall–Kier alpha value is -0.870. The molecule has 0 aliphatic heterocycles. The van der Waals surface area contributed by atoms with Gasteiger partial charge in [-0.3, -0.25) is 0 Å². The van der Waals surface area contributed by atoms with E-state index in [1.807, 2.05) is 7.05 Å². The van der Waals surface area contributed by atoms with Gasteiger partial charge in [-0.05, 0) is 58.3 Å². The zero-order chi connectivity index (χ0) is 13.8. The summed E-state index contributed by atoms with van der Waals surface area (Å²) in [7, 11) is 2.02. The quantitative estimate of drug-likeness (QED) is 0.773. The van der Waals surface area contributed by atoms with Crippen LogP contribution in [-0.2, 0) is 0 Å². The van der Waals surface area contributed by atoms with Crippen molar-refractivity contribution >= 4 is 22.6 Å². The lowest BCUT2D eigenvalue weighted by Gasteiger charge is -2.19. The molecule has 1 N–H and O–H groups in total. The molecule has 0 saturated carbocycles. The van der Waals surface area contributed by atoms with Crippen molar-refractivity contribution in [2.75, 3.05) is 7.05 Å². The van der Waals surface area contributed by atoms with Crippen LogP contribution in [0.5, 0.6) is 0 Å². The van der Waals surface area contributed by atoms with Crippen molar-refractivity contribution in [1.82, 2.24) is 5.32 Å². The lowest BCUT2D eigenvalue weighted by molar-refractivity contribution is 0.687. The van der Waals surface area contributed by atoms with E-state index < -0.39 is 0 Å². The minimum atomic E-state index is 0.259. The van der Waals surface area contributed by atoms with E-state index in [9.17, 15) is 0 Å². The summed E-state index contributed by atoms with van der Waals surface area (Å²) in [5.74, 6) is 0.582. The molecule has 1 nitrogen and oxygen atoms in total. The van der Waals surface area contributed by atoms with Gasteiger partial charge in [0.25, 0.3) is 0 Å². The first-order valence-corrected chi connectivity index (χ1v) is 7.73. The third-order valence-corrected chi connectivity index (χ3v) is 4.42. The highest BCUT2D eigenvalue weighted by atomic mass is 127. The van der Waals surface area contributed by atoms with E-state index in [4.69, 9.17) is 0 Å². The molecule has 0 aliphatic carbocycles. The first-order chi connectivity index (χ1) is 9.13. The summed E-state index contributed by atoms with van der Waals surface area (Å²) in [4.78, 5) is 0. The van der Waals surface area contributed by atoms with Gasteiger partial charge in [-0.15, -0.1) is 0 Å². The Morgan fingerprint density at radius 3 is 2.00 bits per heavy atom. The van der Waals surface area contributed by atoms with Crippen molar-refractivity contribution < 1.29 is 0 Å². The number of halogens is 1. The fourth-order valence-corrected chi connectivity index (χ4v) is 2.98. The van der Waals surface area contributed by atoms with Gasteiger partial charge in [0, 0.05) is 3.57 Å². The molecule has 19 heavy (non-hydrogen) atoms. The maximum atomic E-state index is 3.42. The molecule has 0 radical (unpaired) electrons. The maximum absolute atomic E-state index is 3.42. The zero-order valence-corrected chi connectivity index (χ0v) is 13.8. The highest BCUT2D eigenvalue weighted by molar-refractivity contribution is 14.1. The van der Waals surface area contributed by atoms with E-state index in [0.29, 0.717) is 5.92 Å². The van der Waals surface area contributed by atoms with E-state index in [1.165, 1.54) is 20.3 Å². The third-order valence-electron chi connectivity index (χ3n) is 3.44. The Bertz CT molecular complexity index is 531. The fourth-order valence-electron chi connectivity index (χ4n) is 2.28. The summed E-state index contributed by atoms with van der Waals surface area (Å²) < 4.78 is 1.30.